The molecule has 3 rings (SSSR count). The molecule has 0 aliphatic heterocycles. The fourth-order valence-corrected chi connectivity index (χ4v) is 2.01. The van der Waals surface area contributed by atoms with Crippen molar-refractivity contribution >= 4 is 16.9 Å². The van der Waals surface area contributed by atoms with E-state index in [9.17, 15) is 9.18 Å². The number of amides is 1. The maximum Gasteiger partial charge on any atom is 0.252 e. The largest absolute Gasteiger partial charge is 0.345 e. The van der Waals surface area contributed by atoms with E-state index in [0.717, 1.165) is 11.0 Å². The van der Waals surface area contributed by atoms with E-state index in [1.807, 2.05) is 0 Å². The normalized spacial score (nSPS) is 10.0. The number of H-pyrrole nitrogens is 1. The lowest BCUT2D eigenvalue weighted by Gasteiger charge is -2.01. The van der Waals surface area contributed by atoms with Gasteiger partial charge < -0.3 is 10.3 Å². The van der Waals surface area contributed by atoms with Crippen molar-refractivity contribution in [2.45, 2.75) is 0 Å². The topological polar surface area (TPSA) is 57.8 Å². The van der Waals surface area contributed by atoms with Crippen LogP contribution in [0.3, 0.4) is 0 Å². The van der Waals surface area contributed by atoms with Gasteiger partial charge in [0, 0.05) is 5.56 Å². The van der Waals surface area contributed by atoms with E-state index in [2.05, 4.69) is 27.1 Å². The van der Waals surface area contributed by atoms with E-state index in [0.29, 0.717) is 11.1 Å². The van der Waals surface area contributed by atoms with Gasteiger partial charge in [0.15, 0.2) is 0 Å². The second-order valence-electron chi connectivity index (χ2n) is 4.60. The second-order valence-corrected chi connectivity index (χ2v) is 4.60. The summed E-state index contributed by atoms with van der Waals surface area (Å²) in [6.45, 7) is 0.147. The first-order valence-corrected chi connectivity index (χ1v) is 6.69. The van der Waals surface area contributed by atoms with Crippen LogP contribution in [0.4, 0.5) is 4.39 Å². The van der Waals surface area contributed by atoms with Crippen LogP contribution in [-0.4, -0.2) is 22.4 Å². The maximum absolute atomic E-state index is 13.4. The maximum atomic E-state index is 13.4. The van der Waals surface area contributed by atoms with Crippen LogP contribution in [0.5, 0.6) is 0 Å². The highest BCUT2D eigenvalue weighted by atomic mass is 19.1. The van der Waals surface area contributed by atoms with Crippen LogP contribution in [0.25, 0.3) is 11.0 Å². The third-order valence-corrected chi connectivity index (χ3v) is 3.12. The molecule has 1 heterocycles. The number of rotatable bonds is 2. The molecule has 2 N–H and O–H groups in total. The van der Waals surface area contributed by atoms with E-state index in [4.69, 9.17) is 0 Å². The molecule has 2 aromatic carbocycles. The summed E-state index contributed by atoms with van der Waals surface area (Å²) in [7, 11) is 0. The van der Waals surface area contributed by atoms with Crippen molar-refractivity contribution in [2.75, 3.05) is 6.54 Å². The number of nitrogens with zero attached hydrogens (tertiary/aromatic N) is 1. The molecule has 1 aromatic heterocycles. The van der Waals surface area contributed by atoms with Crippen LogP contribution in [-0.2, 0) is 0 Å². The Kier molecular flexibility index (Phi) is 3.84. The molecule has 22 heavy (non-hydrogen) atoms. The molecule has 1 amide bonds. The van der Waals surface area contributed by atoms with Crippen molar-refractivity contribution in [2.24, 2.45) is 0 Å². The van der Waals surface area contributed by atoms with Gasteiger partial charge in [-0.05, 0) is 30.3 Å². The average molecular weight is 293 g/mol. The number of carbonyl (C=O) groups is 1. The highest BCUT2D eigenvalue weighted by Gasteiger charge is 2.06. The van der Waals surface area contributed by atoms with Gasteiger partial charge in [0.2, 0.25) is 0 Å². The third-order valence-electron chi connectivity index (χ3n) is 3.12. The Labute approximate surface area is 126 Å². The Hall–Kier alpha value is -3.13. The lowest BCUT2D eigenvalue weighted by molar-refractivity contribution is 0.0959. The summed E-state index contributed by atoms with van der Waals surface area (Å²) in [6.07, 6.45) is 1.58. The first kappa shape index (κ1) is 13.8. The molecular formula is C17H12FN3O. The first-order valence-electron chi connectivity index (χ1n) is 6.69. The summed E-state index contributed by atoms with van der Waals surface area (Å²) < 4.78 is 13.4. The van der Waals surface area contributed by atoms with Crippen LogP contribution in [0.15, 0.2) is 48.8 Å². The summed E-state index contributed by atoms with van der Waals surface area (Å²) in [5.74, 6) is 4.82. The van der Waals surface area contributed by atoms with Gasteiger partial charge in [-0.1, -0.05) is 24.0 Å². The number of carbonyl (C=O) groups excluding carboxylic acids is 1. The van der Waals surface area contributed by atoms with Gasteiger partial charge in [0.1, 0.15) is 5.82 Å². The number of nitrogens with one attached hydrogen (secondary N) is 2. The molecule has 0 saturated carbocycles. The van der Waals surface area contributed by atoms with E-state index in [1.165, 1.54) is 6.07 Å². The number of imidazole rings is 1. The van der Waals surface area contributed by atoms with Gasteiger partial charge in [-0.2, -0.15) is 0 Å². The summed E-state index contributed by atoms with van der Waals surface area (Å²) in [4.78, 5) is 19.0. The molecule has 0 aliphatic carbocycles. The van der Waals surface area contributed by atoms with Gasteiger partial charge >= 0.3 is 0 Å². The van der Waals surface area contributed by atoms with Crippen LogP contribution in [0, 0.1) is 17.7 Å². The Bertz CT molecular complexity index is 889. The minimum atomic E-state index is -0.369. The van der Waals surface area contributed by atoms with Crippen LogP contribution in [0.1, 0.15) is 15.9 Å². The lowest BCUT2D eigenvalue weighted by Crippen LogP contribution is -2.23. The number of aromatic amines is 1. The Balaban J connectivity index is 1.64. The fraction of sp³-hybridized carbons (Fsp3) is 0.0588. The SMILES string of the molecule is O=C(NCC#Cc1ccccc1F)c1ccc2nc[nH]c2c1. The van der Waals surface area contributed by atoms with Crippen molar-refractivity contribution in [1.82, 2.24) is 15.3 Å². The molecule has 3 aromatic rings. The van der Waals surface area contributed by atoms with Crippen molar-refractivity contribution in [1.29, 1.82) is 0 Å². The van der Waals surface area contributed by atoms with Crippen LogP contribution < -0.4 is 5.32 Å². The van der Waals surface area contributed by atoms with Crippen molar-refractivity contribution in [3.63, 3.8) is 0 Å². The van der Waals surface area contributed by atoms with Gasteiger partial charge in [0.25, 0.3) is 5.91 Å². The Morgan fingerprint density at radius 1 is 1.27 bits per heavy atom. The molecule has 0 spiro atoms. The monoisotopic (exact) mass is 293 g/mol. The van der Waals surface area contributed by atoms with Gasteiger partial charge in [-0.15, -0.1) is 0 Å². The van der Waals surface area contributed by atoms with E-state index >= 15 is 0 Å². The van der Waals surface area contributed by atoms with Crippen molar-refractivity contribution in [3.05, 3.63) is 65.7 Å². The summed E-state index contributed by atoms with van der Waals surface area (Å²) in [6, 6.07) is 11.5. The molecule has 0 aliphatic rings. The van der Waals surface area contributed by atoms with Crippen LogP contribution >= 0.6 is 0 Å². The second kappa shape index (κ2) is 6.10. The van der Waals surface area contributed by atoms with E-state index < -0.39 is 0 Å². The number of hydrogen-bond donors (Lipinski definition) is 2. The molecular weight excluding hydrogens is 281 g/mol. The molecule has 0 unspecified atom stereocenters. The fourth-order valence-electron chi connectivity index (χ4n) is 2.01. The summed E-state index contributed by atoms with van der Waals surface area (Å²) in [5.41, 5.74) is 2.43. The first-order chi connectivity index (χ1) is 10.7. The zero-order valence-electron chi connectivity index (χ0n) is 11.6. The van der Waals surface area contributed by atoms with Gasteiger partial charge in [-0.3, -0.25) is 4.79 Å². The standard InChI is InChI=1S/C17H12FN3O/c18-14-6-2-1-4-12(14)5-3-9-19-17(22)13-7-8-15-16(10-13)21-11-20-15/h1-2,4,6-8,10-11H,9H2,(H,19,22)(H,20,21). The zero-order valence-corrected chi connectivity index (χ0v) is 11.6. The minimum absolute atomic E-state index is 0.147. The zero-order chi connectivity index (χ0) is 15.4. The predicted molar refractivity (Wildman–Crippen MR) is 81.7 cm³/mol. The molecule has 0 atom stereocenters. The molecule has 0 saturated heterocycles. The average Bonchev–Trinajstić information content (AvgIpc) is 3.00. The number of halogens is 1. The van der Waals surface area contributed by atoms with E-state index in [-0.39, 0.29) is 18.3 Å². The van der Waals surface area contributed by atoms with E-state index in [1.54, 1.807) is 42.7 Å². The third kappa shape index (κ3) is 2.96. The summed E-state index contributed by atoms with van der Waals surface area (Å²) >= 11 is 0. The van der Waals surface area contributed by atoms with Crippen molar-refractivity contribution < 1.29 is 9.18 Å². The summed E-state index contributed by atoms with van der Waals surface area (Å²) in [5, 5.41) is 2.68. The molecule has 0 radical (unpaired) electrons. The highest BCUT2D eigenvalue weighted by Crippen LogP contribution is 2.11. The van der Waals surface area contributed by atoms with Gasteiger partial charge in [0.05, 0.1) is 29.5 Å². The van der Waals surface area contributed by atoms with Gasteiger partial charge in [-0.25, -0.2) is 9.37 Å². The highest BCUT2D eigenvalue weighted by molar-refractivity contribution is 5.97. The number of aromatic nitrogens is 2. The molecule has 0 bridgehead atoms. The van der Waals surface area contributed by atoms with Crippen molar-refractivity contribution in [3.8, 4) is 11.8 Å². The quantitative estimate of drug-likeness (QED) is 0.713. The predicted octanol–water partition coefficient (Wildman–Crippen LogP) is 2.48. The number of hydrogen-bond acceptors (Lipinski definition) is 2. The molecule has 0 fully saturated rings. The minimum Gasteiger partial charge on any atom is -0.345 e. The number of fused-ring (bicyclic) bond motifs is 1. The smallest absolute Gasteiger partial charge is 0.252 e. The Morgan fingerprint density at radius 2 is 2.14 bits per heavy atom. The molecule has 108 valence electrons. The lowest BCUT2D eigenvalue weighted by atomic mass is 10.2. The van der Waals surface area contributed by atoms with Crippen LogP contribution in [0.2, 0.25) is 0 Å². The Morgan fingerprint density at radius 3 is 3.00 bits per heavy atom. The molecule has 4 nitrogen and oxygen atoms in total. The molecule has 5 heteroatoms. The number of benzene rings is 2.